The van der Waals surface area contributed by atoms with Crippen molar-refractivity contribution >= 4 is 75.9 Å². The van der Waals surface area contributed by atoms with E-state index in [1.54, 1.807) is 12.1 Å². The Morgan fingerprint density at radius 1 is 0.800 bits per heavy atom. The van der Waals surface area contributed by atoms with Gasteiger partial charge in [0, 0.05) is 26.3 Å². The summed E-state index contributed by atoms with van der Waals surface area (Å²) in [7, 11) is 0. The summed E-state index contributed by atoms with van der Waals surface area (Å²) in [6.07, 6.45) is -0.00811. The van der Waals surface area contributed by atoms with Crippen LogP contribution < -0.4 is 0 Å². The number of carbonyl (C=O) groups is 3. The third kappa shape index (κ3) is 4.78. The normalized spacial score (nSPS) is 14.5. The molecule has 2 N–H and O–H groups in total. The second-order valence-corrected chi connectivity index (χ2v) is 10.7. The highest BCUT2D eigenvalue weighted by Crippen LogP contribution is 2.47. The maximum absolute atomic E-state index is 14.0. The largest absolute Gasteiger partial charge is 0.478 e. The Morgan fingerprint density at radius 3 is 1.77 bits per heavy atom. The monoisotopic (exact) mass is 568 g/mol. The van der Waals surface area contributed by atoms with Crippen LogP contribution in [0.3, 0.4) is 0 Å². The molecule has 4 rings (SSSR count). The van der Waals surface area contributed by atoms with Crippen LogP contribution in [0.2, 0.25) is 20.1 Å². The second-order valence-electron chi connectivity index (χ2n) is 8.13. The predicted molar refractivity (Wildman–Crippen MR) is 138 cm³/mol. The molecule has 5 nitrogen and oxygen atoms in total. The molecular weight excluding hydrogens is 554 g/mol. The number of carbonyl (C=O) groups excluding carboxylic acids is 1. The fourth-order valence-electron chi connectivity index (χ4n) is 4.20. The Hall–Kier alpha value is -2.22. The van der Waals surface area contributed by atoms with Crippen LogP contribution >= 0.6 is 58.2 Å². The first-order valence-electron chi connectivity index (χ1n) is 10.2. The number of aromatic carboxylic acids is 2. The molecule has 1 aliphatic rings. The summed E-state index contributed by atoms with van der Waals surface area (Å²) in [5.74, 6) is -2.38. The fraction of sp³-hybridized carbons (Fsp3) is 0.160. The predicted octanol–water partition coefficient (Wildman–Crippen LogP) is 7.46. The summed E-state index contributed by atoms with van der Waals surface area (Å²) in [6, 6.07) is 12.6. The van der Waals surface area contributed by atoms with Crippen molar-refractivity contribution in [1.82, 2.24) is 0 Å². The molecule has 0 bridgehead atoms. The SMILES string of the molecule is O=C(O)c1ccc(Cl)c(CC2(Cc3c(Cl)ccc(C(=O)O)c3Cl)CSc3ccccc3C2=O)c1Cl. The van der Waals surface area contributed by atoms with Gasteiger partial charge in [0.05, 0.1) is 26.6 Å². The zero-order valence-electron chi connectivity index (χ0n) is 17.8. The summed E-state index contributed by atoms with van der Waals surface area (Å²) in [4.78, 5) is 38.2. The van der Waals surface area contributed by atoms with E-state index in [4.69, 9.17) is 46.4 Å². The van der Waals surface area contributed by atoms with Crippen molar-refractivity contribution in [1.29, 1.82) is 0 Å². The van der Waals surface area contributed by atoms with Gasteiger partial charge < -0.3 is 10.2 Å². The van der Waals surface area contributed by atoms with E-state index >= 15 is 0 Å². The van der Waals surface area contributed by atoms with Gasteiger partial charge in [-0.05, 0) is 54.3 Å². The molecule has 10 heteroatoms. The quantitative estimate of drug-likeness (QED) is 0.320. The van der Waals surface area contributed by atoms with Crippen molar-refractivity contribution in [3.05, 3.63) is 96.4 Å². The molecule has 0 saturated carbocycles. The average molecular weight is 570 g/mol. The summed E-state index contributed by atoms with van der Waals surface area (Å²) < 4.78 is 0. The van der Waals surface area contributed by atoms with Gasteiger partial charge >= 0.3 is 11.9 Å². The Balaban J connectivity index is 1.91. The van der Waals surface area contributed by atoms with Gasteiger partial charge in [-0.3, -0.25) is 4.79 Å². The molecule has 0 saturated heterocycles. The molecule has 0 aromatic heterocycles. The van der Waals surface area contributed by atoms with E-state index in [1.165, 1.54) is 36.0 Å². The Labute approximate surface area is 225 Å². The van der Waals surface area contributed by atoms with Crippen molar-refractivity contribution in [3.8, 4) is 0 Å². The van der Waals surface area contributed by atoms with E-state index < -0.39 is 17.4 Å². The zero-order chi connectivity index (χ0) is 25.5. The second kappa shape index (κ2) is 10.0. The molecule has 35 heavy (non-hydrogen) atoms. The smallest absolute Gasteiger partial charge is 0.337 e. The molecule has 1 heterocycles. The van der Waals surface area contributed by atoms with Crippen LogP contribution in [0.5, 0.6) is 0 Å². The van der Waals surface area contributed by atoms with E-state index in [-0.39, 0.29) is 55.6 Å². The molecular formula is C25H16Cl4O5S. The maximum atomic E-state index is 14.0. The first kappa shape index (κ1) is 25.9. The van der Waals surface area contributed by atoms with Crippen molar-refractivity contribution in [2.75, 3.05) is 5.75 Å². The molecule has 0 unspecified atom stereocenters. The number of carboxylic acid groups (broad SMARTS) is 2. The fourth-order valence-corrected chi connectivity index (χ4v) is 6.63. The summed E-state index contributed by atoms with van der Waals surface area (Å²) in [6.45, 7) is 0. The lowest BCUT2D eigenvalue weighted by Gasteiger charge is -2.37. The van der Waals surface area contributed by atoms with E-state index in [2.05, 4.69) is 0 Å². The topological polar surface area (TPSA) is 91.7 Å². The highest BCUT2D eigenvalue weighted by Gasteiger charge is 2.45. The van der Waals surface area contributed by atoms with Crippen molar-refractivity contribution in [3.63, 3.8) is 0 Å². The molecule has 3 aromatic rings. The van der Waals surface area contributed by atoms with E-state index in [0.717, 1.165) is 4.90 Å². The highest BCUT2D eigenvalue weighted by atomic mass is 35.5. The van der Waals surface area contributed by atoms with Gasteiger partial charge in [0.25, 0.3) is 0 Å². The lowest BCUT2D eigenvalue weighted by Crippen LogP contribution is -2.41. The number of Topliss-reactive ketones (excluding diaryl/α,β-unsaturated/α-hetero) is 1. The van der Waals surface area contributed by atoms with E-state index in [1.807, 2.05) is 12.1 Å². The van der Waals surface area contributed by atoms with Crippen LogP contribution in [0.4, 0.5) is 0 Å². The number of ketones is 1. The molecule has 180 valence electrons. The number of halogens is 4. The van der Waals surface area contributed by atoms with Gasteiger partial charge in [0.1, 0.15) is 0 Å². The molecule has 0 amide bonds. The lowest BCUT2D eigenvalue weighted by atomic mass is 9.72. The minimum absolute atomic E-state index is 0.00406. The number of hydrogen-bond donors (Lipinski definition) is 2. The lowest BCUT2D eigenvalue weighted by molar-refractivity contribution is 0.0686. The molecule has 0 spiro atoms. The Bertz CT molecular complexity index is 1320. The molecule has 0 fully saturated rings. The van der Waals surface area contributed by atoms with Crippen LogP contribution in [0.15, 0.2) is 53.4 Å². The summed E-state index contributed by atoms with van der Waals surface area (Å²) in [5, 5.41) is 19.4. The van der Waals surface area contributed by atoms with Crippen LogP contribution in [0.1, 0.15) is 42.2 Å². The van der Waals surface area contributed by atoms with Crippen LogP contribution in [0.25, 0.3) is 0 Å². The molecule has 1 aliphatic heterocycles. The van der Waals surface area contributed by atoms with Crippen LogP contribution in [0, 0.1) is 5.41 Å². The van der Waals surface area contributed by atoms with Gasteiger partial charge in [-0.1, -0.05) is 64.6 Å². The van der Waals surface area contributed by atoms with Crippen molar-refractivity contribution < 1.29 is 24.6 Å². The Morgan fingerprint density at radius 2 is 1.29 bits per heavy atom. The molecule has 3 aromatic carbocycles. The number of benzene rings is 3. The third-order valence-electron chi connectivity index (χ3n) is 5.98. The number of carboxylic acids is 2. The Kier molecular flexibility index (Phi) is 7.41. The highest BCUT2D eigenvalue weighted by molar-refractivity contribution is 7.99. The summed E-state index contributed by atoms with van der Waals surface area (Å²) in [5.41, 5.74) is -0.352. The zero-order valence-corrected chi connectivity index (χ0v) is 21.6. The van der Waals surface area contributed by atoms with Gasteiger partial charge in [0.15, 0.2) is 5.78 Å². The van der Waals surface area contributed by atoms with Crippen LogP contribution in [-0.4, -0.2) is 33.7 Å². The number of hydrogen-bond acceptors (Lipinski definition) is 4. The van der Waals surface area contributed by atoms with Gasteiger partial charge in [-0.15, -0.1) is 11.8 Å². The van der Waals surface area contributed by atoms with Crippen LogP contribution in [-0.2, 0) is 12.8 Å². The van der Waals surface area contributed by atoms with Crippen molar-refractivity contribution in [2.24, 2.45) is 5.41 Å². The molecule has 0 aliphatic carbocycles. The van der Waals surface area contributed by atoms with Gasteiger partial charge in [-0.2, -0.15) is 0 Å². The standard InChI is InChI=1S/C25H16Cl4O5S/c26-17-7-5-13(23(31)32)20(28)15(17)9-25(11-35-19-4-2-1-3-12(19)22(25)30)10-16-18(27)8-6-14(21(16)29)24(33)34/h1-8H,9-11H2,(H,31,32)(H,33,34). The molecule has 0 radical (unpaired) electrons. The van der Waals surface area contributed by atoms with Gasteiger partial charge in [-0.25, -0.2) is 9.59 Å². The third-order valence-corrected chi connectivity index (χ3v) is 8.92. The average Bonchev–Trinajstić information content (AvgIpc) is 2.81. The first-order chi connectivity index (χ1) is 16.6. The number of rotatable bonds is 6. The summed E-state index contributed by atoms with van der Waals surface area (Å²) >= 11 is 27.3. The minimum Gasteiger partial charge on any atom is -0.478 e. The molecule has 0 atom stereocenters. The van der Waals surface area contributed by atoms with E-state index in [9.17, 15) is 24.6 Å². The van der Waals surface area contributed by atoms with Gasteiger partial charge in [0.2, 0.25) is 0 Å². The maximum Gasteiger partial charge on any atom is 0.337 e. The minimum atomic E-state index is -1.23. The van der Waals surface area contributed by atoms with Crippen molar-refractivity contribution in [2.45, 2.75) is 17.7 Å². The van der Waals surface area contributed by atoms with E-state index in [0.29, 0.717) is 16.7 Å². The first-order valence-corrected chi connectivity index (χ1v) is 12.7. The number of thioether (sulfide) groups is 1. The number of fused-ring (bicyclic) bond motifs is 1.